The van der Waals surface area contributed by atoms with Gasteiger partial charge in [0.05, 0.1) is 23.3 Å². The van der Waals surface area contributed by atoms with Gasteiger partial charge in [0.15, 0.2) is 0 Å². The van der Waals surface area contributed by atoms with Crippen molar-refractivity contribution in [1.82, 2.24) is 9.36 Å². The van der Waals surface area contributed by atoms with E-state index < -0.39 is 33.3 Å². The quantitative estimate of drug-likeness (QED) is 0.629. The first-order valence-electron chi connectivity index (χ1n) is 9.42. The van der Waals surface area contributed by atoms with Crippen molar-refractivity contribution in [1.29, 1.82) is 0 Å². The zero-order valence-corrected chi connectivity index (χ0v) is 18.4. The maximum Gasteiger partial charge on any atom is 0.295 e. The number of carbonyl (C=O) groups excluding carboxylic acids is 1. The Labute approximate surface area is 179 Å². The average Bonchev–Trinajstić information content (AvgIpc) is 2.92. The number of nitrogens with zero attached hydrogens (tertiary/aromatic N) is 3. The molecule has 164 valence electrons. The lowest BCUT2D eigenvalue weighted by atomic mass is 10.2. The molecule has 1 aromatic heterocycles. The molecule has 1 atom stereocenters. The van der Waals surface area contributed by atoms with E-state index in [1.807, 2.05) is 6.07 Å². The van der Waals surface area contributed by atoms with Gasteiger partial charge in [-0.05, 0) is 50.2 Å². The number of benzene rings is 2. The van der Waals surface area contributed by atoms with Crippen LogP contribution in [0.2, 0.25) is 0 Å². The Bertz CT molecular complexity index is 1270. The molecular formula is C21H23FN4O4S. The molecule has 0 saturated heterocycles. The van der Waals surface area contributed by atoms with Crippen molar-refractivity contribution in [3.8, 4) is 5.69 Å². The van der Waals surface area contributed by atoms with Gasteiger partial charge < -0.3 is 5.32 Å². The lowest BCUT2D eigenvalue weighted by Crippen LogP contribution is -2.45. The number of sulfonamides is 1. The highest BCUT2D eigenvalue weighted by Crippen LogP contribution is 2.22. The van der Waals surface area contributed by atoms with E-state index >= 15 is 0 Å². The fraction of sp³-hybridized carbons (Fsp3) is 0.238. The van der Waals surface area contributed by atoms with Gasteiger partial charge in [-0.2, -0.15) is 0 Å². The average molecular weight is 447 g/mol. The number of carbonyl (C=O) groups is 1. The Balaban J connectivity index is 1.97. The molecule has 1 amide bonds. The molecule has 0 bridgehead atoms. The summed E-state index contributed by atoms with van der Waals surface area (Å²) in [6, 6.07) is 12.5. The van der Waals surface area contributed by atoms with Gasteiger partial charge in [0.2, 0.25) is 15.9 Å². The zero-order valence-electron chi connectivity index (χ0n) is 17.5. The van der Waals surface area contributed by atoms with Crippen LogP contribution in [0.3, 0.4) is 0 Å². The predicted octanol–water partition coefficient (Wildman–Crippen LogP) is 2.42. The van der Waals surface area contributed by atoms with Gasteiger partial charge in [-0.25, -0.2) is 17.5 Å². The van der Waals surface area contributed by atoms with Crippen LogP contribution in [0.15, 0.2) is 59.4 Å². The molecule has 0 aliphatic carbocycles. The van der Waals surface area contributed by atoms with Crippen molar-refractivity contribution in [2.75, 3.05) is 15.9 Å². The van der Waals surface area contributed by atoms with Gasteiger partial charge >= 0.3 is 0 Å². The summed E-state index contributed by atoms with van der Waals surface area (Å²) in [6.45, 7) is 3.07. The normalized spacial score (nSPS) is 12.4. The van der Waals surface area contributed by atoms with Crippen LogP contribution in [0.5, 0.6) is 0 Å². The number of anilines is 2. The van der Waals surface area contributed by atoms with E-state index in [0.29, 0.717) is 11.4 Å². The Hall–Kier alpha value is -3.40. The van der Waals surface area contributed by atoms with Crippen molar-refractivity contribution >= 4 is 27.3 Å². The summed E-state index contributed by atoms with van der Waals surface area (Å²) in [5, 5.41) is 2.57. The van der Waals surface area contributed by atoms with Gasteiger partial charge in [-0.1, -0.05) is 18.2 Å². The lowest BCUT2D eigenvalue weighted by Gasteiger charge is -2.28. The topological polar surface area (TPSA) is 93.4 Å². The summed E-state index contributed by atoms with van der Waals surface area (Å²) in [7, 11) is -2.19. The summed E-state index contributed by atoms with van der Waals surface area (Å²) in [4.78, 5) is 26.0. The van der Waals surface area contributed by atoms with Gasteiger partial charge in [0.25, 0.3) is 5.56 Å². The van der Waals surface area contributed by atoms with Crippen molar-refractivity contribution in [3.63, 3.8) is 0 Å². The maximum atomic E-state index is 13.3. The molecule has 0 spiro atoms. The van der Waals surface area contributed by atoms with Gasteiger partial charge in [-0.3, -0.25) is 18.6 Å². The van der Waals surface area contributed by atoms with Gasteiger partial charge in [0, 0.05) is 7.05 Å². The van der Waals surface area contributed by atoms with Crippen LogP contribution in [0.1, 0.15) is 12.6 Å². The minimum Gasteiger partial charge on any atom is -0.318 e. The lowest BCUT2D eigenvalue weighted by molar-refractivity contribution is -0.116. The highest BCUT2D eigenvalue weighted by Gasteiger charge is 2.30. The first-order valence-corrected chi connectivity index (χ1v) is 11.3. The third-order valence-corrected chi connectivity index (χ3v) is 6.21. The zero-order chi connectivity index (χ0) is 22.9. The third-order valence-electron chi connectivity index (χ3n) is 4.97. The number of para-hydroxylation sites is 1. The monoisotopic (exact) mass is 446 g/mol. The van der Waals surface area contributed by atoms with Crippen LogP contribution in [0.25, 0.3) is 5.69 Å². The van der Waals surface area contributed by atoms with E-state index in [1.54, 1.807) is 42.9 Å². The molecule has 0 aliphatic rings. The largest absolute Gasteiger partial charge is 0.318 e. The van der Waals surface area contributed by atoms with E-state index in [9.17, 15) is 22.4 Å². The summed E-state index contributed by atoms with van der Waals surface area (Å²) in [6.07, 6.45) is 0.955. The van der Waals surface area contributed by atoms with Crippen LogP contribution >= 0.6 is 0 Å². The fourth-order valence-corrected chi connectivity index (χ4v) is 4.51. The first-order chi connectivity index (χ1) is 14.5. The summed E-state index contributed by atoms with van der Waals surface area (Å²) in [5.74, 6) is -1.23. The molecular weight excluding hydrogens is 423 g/mol. The SMILES string of the molecule is Cc1c(NC(=O)[C@H](C)N(c2ccc(F)cc2)S(C)(=O)=O)c(=O)n(-c2ccccc2)n1C. The molecule has 2 aromatic carbocycles. The van der Waals surface area contributed by atoms with Crippen molar-refractivity contribution < 1.29 is 17.6 Å². The maximum absolute atomic E-state index is 13.3. The summed E-state index contributed by atoms with van der Waals surface area (Å²) < 4.78 is 41.9. The van der Waals surface area contributed by atoms with Crippen LogP contribution in [0.4, 0.5) is 15.8 Å². The standard InChI is InChI=1S/C21H23FN4O4S/c1-14-19(21(28)25(24(14)3)17-8-6-5-7-9-17)23-20(27)15(2)26(31(4,29)30)18-12-10-16(22)11-13-18/h5-13,15H,1-4H3,(H,23,27)/t15-/m0/s1. The Morgan fingerprint density at radius 2 is 1.68 bits per heavy atom. The van der Waals surface area contributed by atoms with Crippen molar-refractivity contribution in [3.05, 3.63) is 76.5 Å². The molecule has 31 heavy (non-hydrogen) atoms. The predicted molar refractivity (Wildman–Crippen MR) is 118 cm³/mol. The smallest absolute Gasteiger partial charge is 0.295 e. The van der Waals surface area contributed by atoms with Crippen molar-refractivity contribution in [2.24, 2.45) is 7.05 Å². The third kappa shape index (κ3) is 4.38. The molecule has 1 N–H and O–H groups in total. The number of hydrogen-bond acceptors (Lipinski definition) is 4. The Morgan fingerprint density at radius 1 is 1.10 bits per heavy atom. The molecule has 0 radical (unpaired) electrons. The van der Waals surface area contributed by atoms with E-state index in [2.05, 4.69) is 5.32 Å². The van der Waals surface area contributed by atoms with E-state index in [1.165, 1.54) is 23.7 Å². The summed E-state index contributed by atoms with van der Waals surface area (Å²) in [5.41, 5.74) is 0.867. The molecule has 0 fully saturated rings. The van der Waals surface area contributed by atoms with E-state index in [4.69, 9.17) is 0 Å². The fourth-order valence-electron chi connectivity index (χ4n) is 3.34. The second-order valence-corrected chi connectivity index (χ2v) is 9.00. The number of halogens is 1. The number of amides is 1. The van der Waals surface area contributed by atoms with Gasteiger partial charge in [0.1, 0.15) is 17.5 Å². The number of nitrogens with one attached hydrogen (secondary N) is 1. The molecule has 3 aromatic rings. The Kier molecular flexibility index (Phi) is 6.03. The molecule has 3 rings (SSSR count). The summed E-state index contributed by atoms with van der Waals surface area (Å²) >= 11 is 0. The molecule has 0 unspecified atom stereocenters. The van der Waals surface area contributed by atoms with E-state index in [0.717, 1.165) is 22.7 Å². The molecule has 0 aliphatic heterocycles. The number of rotatable bonds is 6. The minimum absolute atomic E-state index is 0.0516. The minimum atomic E-state index is -3.87. The molecule has 0 saturated carbocycles. The van der Waals surface area contributed by atoms with Crippen LogP contribution in [0, 0.1) is 12.7 Å². The van der Waals surface area contributed by atoms with E-state index in [-0.39, 0.29) is 11.4 Å². The second-order valence-electron chi connectivity index (χ2n) is 7.14. The van der Waals surface area contributed by atoms with Crippen molar-refractivity contribution in [2.45, 2.75) is 19.9 Å². The number of hydrogen-bond donors (Lipinski definition) is 1. The first kappa shape index (κ1) is 22.3. The van der Waals surface area contributed by atoms with Crippen LogP contribution in [-0.4, -0.2) is 36.0 Å². The Morgan fingerprint density at radius 3 is 2.23 bits per heavy atom. The highest BCUT2D eigenvalue weighted by molar-refractivity contribution is 7.92. The number of aromatic nitrogens is 2. The molecule has 10 heteroatoms. The second kappa shape index (κ2) is 8.38. The highest BCUT2D eigenvalue weighted by atomic mass is 32.2. The molecule has 8 nitrogen and oxygen atoms in total. The van der Waals surface area contributed by atoms with Crippen LogP contribution < -0.4 is 15.2 Å². The van der Waals surface area contributed by atoms with Crippen LogP contribution in [-0.2, 0) is 21.9 Å². The molecule has 1 heterocycles. The van der Waals surface area contributed by atoms with Gasteiger partial charge in [-0.15, -0.1) is 0 Å².